The van der Waals surface area contributed by atoms with Crippen LogP contribution in [0.15, 0.2) is 30.3 Å². The molecule has 4 atom stereocenters. The minimum Gasteiger partial charge on any atom is -0.394 e. The smallest absolute Gasteiger partial charge is 0.109 e. The summed E-state index contributed by atoms with van der Waals surface area (Å²) in [5, 5.41) is 22.0. The molecule has 0 saturated carbocycles. The molecule has 1 saturated heterocycles. The number of rotatable bonds is 6. The summed E-state index contributed by atoms with van der Waals surface area (Å²) in [5.74, 6) is 0. The van der Waals surface area contributed by atoms with Crippen LogP contribution < -0.4 is 5.32 Å². The second-order valence-electron chi connectivity index (χ2n) is 4.67. The van der Waals surface area contributed by atoms with Gasteiger partial charge in [0, 0.05) is 13.7 Å². The zero-order valence-corrected chi connectivity index (χ0v) is 11.0. The van der Waals surface area contributed by atoms with Gasteiger partial charge in [0.1, 0.15) is 12.2 Å². The van der Waals surface area contributed by atoms with Crippen molar-refractivity contribution in [3.05, 3.63) is 35.9 Å². The van der Waals surface area contributed by atoms with E-state index in [2.05, 4.69) is 5.32 Å². The van der Waals surface area contributed by atoms with Crippen LogP contribution in [-0.4, -0.2) is 54.9 Å². The van der Waals surface area contributed by atoms with Crippen molar-refractivity contribution in [1.29, 1.82) is 0 Å². The Labute approximate surface area is 113 Å². The Hall–Kier alpha value is -0.980. The van der Waals surface area contributed by atoms with Gasteiger partial charge in [0.2, 0.25) is 0 Å². The number of ether oxygens (including phenoxy) is 2. The lowest BCUT2D eigenvalue weighted by molar-refractivity contribution is -0.0444. The third kappa shape index (κ3) is 3.32. The normalized spacial score (nSPS) is 30.7. The highest BCUT2D eigenvalue weighted by atomic mass is 16.6. The van der Waals surface area contributed by atoms with Crippen molar-refractivity contribution in [3.63, 3.8) is 0 Å². The average molecular weight is 267 g/mol. The molecular weight excluding hydrogens is 246 g/mol. The number of nitrogens with one attached hydrogen (secondary N) is 1. The first-order valence-corrected chi connectivity index (χ1v) is 6.47. The lowest BCUT2D eigenvalue weighted by Crippen LogP contribution is -2.47. The van der Waals surface area contributed by atoms with E-state index in [9.17, 15) is 10.2 Å². The first kappa shape index (κ1) is 14.4. The number of methoxy groups -OCH3 is 1. The lowest BCUT2D eigenvalue weighted by atomic mass is 10.0. The monoisotopic (exact) mass is 267 g/mol. The quantitative estimate of drug-likeness (QED) is 0.672. The van der Waals surface area contributed by atoms with Crippen molar-refractivity contribution in [2.45, 2.75) is 30.9 Å². The first-order chi connectivity index (χ1) is 9.30. The Balaban J connectivity index is 1.99. The topological polar surface area (TPSA) is 71.0 Å². The largest absolute Gasteiger partial charge is 0.394 e. The van der Waals surface area contributed by atoms with Crippen LogP contribution in [0.1, 0.15) is 5.56 Å². The van der Waals surface area contributed by atoms with E-state index in [1.807, 2.05) is 30.3 Å². The molecule has 1 aliphatic rings. The third-order valence-electron chi connectivity index (χ3n) is 3.49. The van der Waals surface area contributed by atoms with Gasteiger partial charge in [-0.15, -0.1) is 0 Å². The Morgan fingerprint density at radius 2 is 1.84 bits per heavy atom. The summed E-state index contributed by atoms with van der Waals surface area (Å²) in [6.45, 7) is 0.463. The molecule has 1 aliphatic heterocycles. The van der Waals surface area contributed by atoms with Crippen molar-refractivity contribution < 1.29 is 19.7 Å². The van der Waals surface area contributed by atoms with E-state index in [-0.39, 0.29) is 31.5 Å². The fourth-order valence-corrected chi connectivity index (χ4v) is 2.51. The zero-order valence-electron chi connectivity index (χ0n) is 11.0. The van der Waals surface area contributed by atoms with Gasteiger partial charge in [-0.05, 0) is 5.56 Å². The van der Waals surface area contributed by atoms with Crippen molar-refractivity contribution >= 4 is 0 Å². The van der Waals surface area contributed by atoms with E-state index in [1.54, 1.807) is 7.11 Å². The maximum atomic E-state index is 9.36. The highest BCUT2D eigenvalue weighted by molar-refractivity contribution is 5.14. The summed E-state index contributed by atoms with van der Waals surface area (Å²) in [6.07, 6.45) is -1.01. The van der Waals surface area contributed by atoms with Gasteiger partial charge in [-0.2, -0.15) is 0 Å². The Kier molecular flexibility index (Phi) is 5.30. The molecule has 1 fully saturated rings. The molecule has 0 unspecified atom stereocenters. The van der Waals surface area contributed by atoms with Gasteiger partial charge in [-0.1, -0.05) is 30.3 Å². The summed E-state index contributed by atoms with van der Waals surface area (Å²) in [5.41, 5.74) is 1.15. The zero-order chi connectivity index (χ0) is 13.7. The molecule has 0 aliphatic carbocycles. The molecule has 2 rings (SSSR count). The lowest BCUT2D eigenvalue weighted by Gasteiger charge is -2.23. The molecule has 0 aromatic heterocycles. The maximum Gasteiger partial charge on any atom is 0.109 e. The number of benzene rings is 1. The second-order valence-corrected chi connectivity index (χ2v) is 4.67. The van der Waals surface area contributed by atoms with E-state index < -0.39 is 6.10 Å². The molecule has 1 aromatic rings. The van der Waals surface area contributed by atoms with Crippen LogP contribution in [-0.2, 0) is 16.0 Å². The van der Waals surface area contributed by atoms with Gasteiger partial charge in [0.25, 0.3) is 0 Å². The SMILES string of the molecule is CO[C@@H]1[C@@H](NCc2ccccc2)[C@@H](CO)O[C@H]1CO. The Morgan fingerprint density at radius 1 is 1.16 bits per heavy atom. The minimum absolute atomic E-state index is 0.0944. The molecule has 5 heteroatoms. The van der Waals surface area contributed by atoms with Gasteiger partial charge in [-0.3, -0.25) is 0 Å². The van der Waals surface area contributed by atoms with Crippen molar-refractivity contribution in [2.75, 3.05) is 20.3 Å². The molecule has 0 spiro atoms. The molecule has 1 aromatic carbocycles. The van der Waals surface area contributed by atoms with Crippen LogP contribution in [0.2, 0.25) is 0 Å². The molecule has 0 bridgehead atoms. The second kappa shape index (κ2) is 6.98. The highest BCUT2D eigenvalue weighted by Gasteiger charge is 2.43. The summed E-state index contributed by atoms with van der Waals surface area (Å²) in [4.78, 5) is 0. The van der Waals surface area contributed by atoms with Crippen LogP contribution in [0.25, 0.3) is 0 Å². The van der Waals surface area contributed by atoms with E-state index in [0.29, 0.717) is 6.54 Å². The van der Waals surface area contributed by atoms with Crippen LogP contribution >= 0.6 is 0 Å². The third-order valence-corrected chi connectivity index (χ3v) is 3.49. The van der Waals surface area contributed by atoms with Crippen LogP contribution in [0.3, 0.4) is 0 Å². The average Bonchev–Trinajstić information content (AvgIpc) is 2.83. The molecule has 5 nitrogen and oxygen atoms in total. The molecule has 0 radical (unpaired) electrons. The van der Waals surface area contributed by atoms with Gasteiger partial charge >= 0.3 is 0 Å². The first-order valence-electron chi connectivity index (χ1n) is 6.47. The van der Waals surface area contributed by atoms with Crippen molar-refractivity contribution in [2.24, 2.45) is 0 Å². The van der Waals surface area contributed by atoms with Gasteiger partial charge in [-0.25, -0.2) is 0 Å². The van der Waals surface area contributed by atoms with Crippen LogP contribution in [0.4, 0.5) is 0 Å². The molecule has 3 N–H and O–H groups in total. The Bertz CT molecular complexity index is 373. The fraction of sp³-hybridized carbons (Fsp3) is 0.571. The summed E-state index contributed by atoms with van der Waals surface area (Å²) in [7, 11) is 1.59. The molecular formula is C14H21NO4. The van der Waals surface area contributed by atoms with Crippen molar-refractivity contribution in [3.8, 4) is 0 Å². The van der Waals surface area contributed by atoms with E-state index in [4.69, 9.17) is 9.47 Å². The number of hydrogen-bond acceptors (Lipinski definition) is 5. The Morgan fingerprint density at radius 3 is 2.42 bits per heavy atom. The van der Waals surface area contributed by atoms with E-state index >= 15 is 0 Å². The number of aliphatic hydroxyl groups excluding tert-OH is 2. The summed E-state index contributed by atoms with van der Waals surface area (Å²) < 4.78 is 11.0. The van der Waals surface area contributed by atoms with E-state index in [1.165, 1.54) is 0 Å². The molecule has 0 amide bonds. The number of aliphatic hydroxyl groups is 2. The van der Waals surface area contributed by atoms with Gasteiger partial charge in [0.05, 0.1) is 25.4 Å². The van der Waals surface area contributed by atoms with Gasteiger partial charge < -0.3 is 25.0 Å². The van der Waals surface area contributed by atoms with Crippen LogP contribution in [0, 0.1) is 0 Å². The summed E-state index contributed by atoms with van der Waals surface area (Å²) in [6, 6.07) is 9.86. The minimum atomic E-state index is -0.393. The van der Waals surface area contributed by atoms with E-state index in [0.717, 1.165) is 5.56 Å². The van der Waals surface area contributed by atoms with Gasteiger partial charge in [0.15, 0.2) is 0 Å². The highest BCUT2D eigenvalue weighted by Crippen LogP contribution is 2.23. The number of hydrogen-bond donors (Lipinski definition) is 3. The predicted octanol–water partition coefficient (Wildman–Crippen LogP) is -0.0882. The molecule has 1 heterocycles. The molecule has 106 valence electrons. The molecule has 19 heavy (non-hydrogen) atoms. The maximum absolute atomic E-state index is 9.36. The predicted molar refractivity (Wildman–Crippen MR) is 70.7 cm³/mol. The van der Waals surface area contributed by atoms with Crippen molar-refractivity contribution in [1.82, 2.24) is 5.32 Å². The summed E-state index contributed by atoms with van der Waals surface area (Å²) >= 11 is 0. The fourth-order valence-electron chi connectivity index (χ4n) is 2.51. The van der Waals surface area contributed by atoms with Crippen LogP contribution in [0.5, 0.6) is 0 Å². The standard InChI is InChI=1S/C14H21NO4/c1-18-14-12(9-17)19-11(8-16)13(14)15-7-10-5-3-2-4-6-10/h2-6,11-17H,7-9H2,1H3/t11-,12+,13+,14+/m1/s1.